The lowest BCUT2D eigenvalue weighted by Crippen LogP contribution is -2.23. The Kier molecular flexibility index (Phi) is 3.66. The number of carbonyl (C=O) groups is 1. The number of hydrogen-bond donors (Lipinski definition) is 1. The van der Waals surface area contributed by atoms with Crippen LogP contribution in [0.4, 0.5) is 0 Å². The fraction of sp³-hybridized carbons (Fsp3) is 0.154. The molecule has 0 aliphatic rings. The highest BCUT2D eigenvalue weighted by Crippen LogP contribution is 2.08. The largest absolute Gasteiger partial charge is 0.366 e. The Balaban J connectivity index is 2.39. The number of rotatable bonds is 3. The molecule has 1 heterocycles. The third-order valence-corrected chi connectivity index (χ3v) is 2.91. The number of amides is 1. The van der Waals surface area contributed by atoms with Gasteiger partial charge < -0.3 is 5.73 Å². The smallest absolute Gasteiger partial charge is 0.255 e. The van der Waals surface area contributed by atoms with Gasteiger partial charge in [0.05, 0.1) is 6.54 Å². The van der Waals surface area contributed by atoms with Gasteiger partial charge in [-0.1, -0.05) is 23.7 Å². The molecule has 0 radical (unpaired) electrons. The zero-order chi connectivity index (χ0) is 14.0. The maximum Gasteiger partial charge on any atom is 0.255 e. The van der Waals surface area contributed by atoms with Crippen LogP contribution in [0.1, 0.15) is 21.7 Å². The SMILES string of the molecule is Cc1nc(Cl)cc(=O)n1Cc1cccc(C(N)=O)c1. The lowest BCUT2D eigenvalue weighted by atomic mass is 10.1. The van der Waals surface area contributed by atoms with Gasteiger partial charge in [-0.3, -0.25) is 14.2 Å². The fourth-order valence-electron chi connectivity index (χ4n) is 1.78. The van der Waals surface area contributed by atoms with Crippen molar-refractivity contribution < 1.29 is 4.79 Å². The molecular weight excluding hydrogens is 266 g/mol. The Morgan fingerprint density at radius 2 is 2.16 bits per heavy atom. The van der Waals surface area contributed by atoms with Crippen molar-refractivity contribution in [1.82, 2.24) is 9.55 Å². The molecule has 0 atom stereocenters. The van der Waals surface area contributed by atoms with Gasteiger partial charge in [0.1, 0.15) is 11.0 Å². The molecule has 0 aliphatic carbocycles. The predicted molar refractivity (Wildman–Crippen MR) is 72.3 cm³/mol. The molecule has 1 aromatic carbocycles. The highest BCUT2D eigenvalue weighted by atomic mass is 35.5. The quantitative estimate of drug-likeness (QED) is 0.860. The Bertz CT molecular complexity index is 695. The van der Waals surface area contributed by atoms with E-state index >= 15 is 0 Å². The molecule has 6 heteroatoms. The maximum atomic E-state index is 11.8. The first-order valence-corrected chi connectivity index (χ1v) is 5.98. The van der Waals surface area contributed by atoms with E-state index in [1.807, 2.05) is 6.07 Å². The molecule has 19 heavy (non-hydrogen) atoms. The number of primary amides is 1. The number of benzene rings is 1. The normalized spacial score (nSPS) is 10.4. The topological polar surface area (TPSA) is 78.0 Å². The van der Waals surface area contributed by atoms with Crippen molar-refractivity contribution >= 4 is 17.5 Å². The summed E-state index contributed by atoms with van der Waals surface area (Å²) in [7, 11) is 0. The summed E-state index contributed by atoms with van der Waals surface area (Å²) in [6, 6.07) is 8.07. The van der Waals surface area contributed by atoms with Crippen LogP contribution in [-0.4, -0.2) is 15.5 Å². The number of nitrogens with zero attached hydrogens (tertiary/aromatic N) is 2. The van der Waals surface area contributed by atoms with Crippen LogP contribution in [0.3, 0.4) is 0 Å². The molecule has 2 aromatic rings. The molecule has 98 valence electrons. The standard InChI is InChI=1S/C13H12ClN3O2/c1-8-16-11(14)6-12(18)17(8)7-9-3-2-4-10(5-9)13(15)19/h2-6H,7H2,1H3,(H2,15,19). The second kappa shape index (κ2) is 5.24. The predicted octanol–water partition coefficient (Wildman–Crippen LogP) is 1.35. The van der Waals surface area contributed by atoms with Gasteiger partial charge >= 0.3 is 0 Å². The minimum Gasteiger partial charge on any atom is -0.366 e. The summed E-state index contributed by atoms with van der Waals surface area (Å²) in [5, 5.41) is 0.171. The van der Waals surface area contributed by atoms with Gasteiger partial charge in [-0.2, -0.15) is 0 Å². The van der Waals surface area contributed by atoms with Crippen molar-refractivity contribution in [1.29, 1.82) is 0 Å². The molecule has 0 spiro atoms. The Labute approximate surface area is 114 Å². The number of hydrogen-bond acceptors (Lipinski definition) is 3. The Morgan fingerprint density at radius 3 is 2.79 bits per heavy atom. The second-order valence-corrected chi connectivity index (χ2v) is 4.50. The summed E-state index contributed by atoms with van der Waals surface area (Å²) in [6.07, 6.45) is 0. The van der Waals surface area contributed by atoms with E-state index in [0.29, 0.717) is 17.9 Å². The van der Waals surface area contributed by atoms with E-state index in [9.17, 15) is 9.59 Å². The van der Waals surface area contributed by atoms with E-state index in [0.717, 1.165) is 5.56 Å². The minimum atomic E-state index is -0.500. The van der Waals surface area contributed by atoms with Gasteiger partial charge in [0, 0.05) is 11.6 Å². The number of nitrogens with two attached hydrogens (primary N) is 1. The van der Waals surface area contributed by atoms with Crippen LogP contribution in [0, 0.1) is 6.92 Å². The third kappa shape index (κ3) is 3.00. The third-order valence-electron chi connectivity index (χ3n) is 2.72. The van der Waals surface area contributed by atoms with Crippen molar-refractivity contribution in [3.8, 4) is 0 Å². The van der Waals surface area contributed by atoms with Crippen LogP contribution in [-0.2, 0) is 6.54 Å². The van der Waals surface area contributed by atoms with Gasteiger partial charge in [-0.05, 0) is 24.6 Å². The van der Waals surface area contributed by atoms with Crippen LogP contribution in [0.15, 0.2) is 35.1 Å². The Morgan fingerprint density at radius 1 is 1.42 bits per heavy atom. The molecule has 0 saturated heterocycles. The first kappa shape index (κ1) is 13.3. The zero-order valence-electron chi connectivity index (χ0n) is 10.3. The van der Waals surface area contributed by atoms with Gasteiger partial charge in [0.15, 0.2) is 0 Å². The lowest BCUT2D eigenvalue weighted by molar-refractivity contribution is 0.1000. The average Bonchev–Trinajstić information content (AvgIpc) is 2.34. The first-order chi connectivity index (χ1) is 8.97. The minimum absolute atomic E-state index is 0.171. The number of carbonyl (C=O) groups excluding carboxylic acids is 1. The monoisotopic (exact) mass is 277 g/mol. The molecule has 0 bridgehead atoms. The molecule has 0 unspecified atom stereocenters. The maximum absolute atomic E-state index is 11.8. The van der Waals surface area contributed by atoms with Crippen molar-refractivity contribution in [3.05, 3.63) is 62.8 Å². The van der Waals surface area contributed by atoms with Crippen LogP contribution in [0.2, 0.25) is 5.15 Å². The Hall–Kier alpha value is -2.14. The van der Waals surface area contributed by atoms with E-state index in [2.05, 4.69) is 4.98 Å². The summed E-state index contributed by atoms with van der Waals surface area (Å²) < 4.78 is 1.48. The first-order valence-electron chi connectivity index (χ1n) is 5.60. The van der Waals surface area contributed by atoms with Crippen molar-refractivity contribution in [3.63, 3.8) is 0 Å². The molecular formula is C13H12ClN3O2. The molecule has 2 rings (SSSR count). The lowest BCUT2D eigenvalue weighted by Gasteiger charge is -2.09. The highest BCUT2D eigenvalue weighted by molar-refractivity contribution is 6.29. The summed E-state index contributed by atoms with van der Waals surface area (Å²) in [5.41, 5.74) is 6.19. The van der Waals surface area contributed by atoms with E-state index in [-0.39, 0.29) is 10.7 Å². The second-order valence-electron chi connectivity index (χ2n) is 4.12. The molecule has 1 amide bonds. The van der Waals surface area contributed by atoms with Crippen molar-refractivity contribution in [2.75, 3.05) is 0 Å². The van der Waals surface area contributed by atoms with Crippen LogP contribution < -0.4 is 11.3 Å². The average molecular weight is 278 g/mol. The summed E-state index contributed by atoms with van der Waals surface area (Å²) in [5.74, 6) is 0.0159. The zero-order valence-corrected chi connectivity index (χ0v) is 11.0. The van der Waals surface area contributed by atoms with Gasteiger partial charge in [-0.15, -0.1) is 0 Å². The molecule has 1 aromatic heterocycles. The summed E-state index contributed by atoms with van der Waals surface area (Å²) in [6.45, 7) is 2.02. The van der Waals surface area contributed by atoms with Gasteiger partial charge in [0.2, 0.25) is 5.91 Å². The van der Waals surface area contributed by atoms with E-state index < -0.39 is 5.91 Å². The van der Waals surface area contributed by atoms with E-state index in [1.165, 1.54) is 10.6 Å². The molecule has 2 N–H and O–H groups in total. The molecule has 0 aliphatic heterocycles. The fourth-order valence-corrected chi connectivity index (χ4v) is 2.00. The molecule has 0 fully saturated rings. The van der Waals surface area contributed by atoms with Gasteiger partial charge in [0.25, 0.3) is 5.56 Å². The van der Waals surface area contributed by atoms with E-state index in [4.69, 9.17) is 17.3 Å². The van der Waals surface area contributed by atoms with Crippen LogP contribution in [0.5, 0.6) is 0 Å². The van der Waals surface area contributed by atoms with E-state index in [1.54, 1.807) is 25.1 Å². The number of halogens is 1. The van der Waals surface area contributed by atoms with Crippen molar-refractivity contribution in [2.24, 2.45) is 5.73 Å². The van der Waals surface area contributed by atoms with Crippen molar-refractivity contribution in [2.45, 2.75) is 13.5 Å². The number of aryl methyl sites for hydroxylation is 1. The number of aromatic nitrogens is 2. The molecule has 5 nitrogen and oxygen atoms in total. The summed E-state index contributed by atoms with van der Waals surface area (Å²) >= 11 is 5.71. The highest BCUT2D eigenvalue weighted by Gasteiger charge is 2.06. The van der Waals surface area contributed by atoms with Crippen LogP contribution >= 0.6 is 11.6 Å². The van der Waals surface area contributed by atoms with Gasteiger partial charge in [-0.25, -0.2) is 4.98 Å². The molecule has 0 saturated carbocycles. The van der Waals surface area contributed by atoms with Crippen LogP contribution in [0.25, 0.3) is 0 Å². The summed E-state index contributed by atoms with van der Waals surface area (Å²) in [4.78, 5) is 27.0.